The maximum atomic E-state index is 13.7. The second-order valence-corrected chi connectivity index (χ2v) is 6.10. The van der Waals surface area contributed by atoms with E-state index in [1.54, 1.807) is 6.92 Å². The van der Waals surface area contributed by atoms with Crippen LogP contribution in [0.3, 0.4) is 0 Å². The zero-order valence-corrected chi connectivity index (χ0v) is 13.6. The van der Waals surface area contributed by atoms with E-state index in [0.717, 1.165) is 37.9 Å². The average Bonchev–Trinajstić information content (AvgIpc) is 2.58. The normalized spacial score (nSPS) is 15.5. The highest BCUT2D eigenvalue weighted by Crippen LogP contribution is 2.19. The largest absolute Gasteiger partial charge is 0.369 e. The molecule has 3 rings (SSSR count). The molecule has 1 fully saturated rings. The van der Waals surface area contributed by atoms with Crippen molar-refractivity contribution in [3.8, 4) is 0 Å². The summed E-state index contributed by atoms with van der Waals surface area (Å²) < 4.78 is 26.7. The van der Waals surface area contributed by atoms with Gasteiger partial charge in [-0.3, -0.25) is 9.69 Å². The highest BCUT2D eigenvalue weighted by Gasteiger charge is 2.18. The summed E-state index contributed by atoms with van der Waals surface area (Å²) in [5.74, 6) is -0.972. The Hall–Kier alpha value is -2.27. The lowest BCUT2D eigenvalue weighted by Crippen LogP contribution is -2.46. The van der Waals surface area contributed by atoms with Crippen molar-refractivity contribution < 1.29 is 13.6 Å². The maximum Gasteiger partial charge on any atom is 0.159 e. The van der Waals surface area contributed by atoms with Gasteiger partial charge in [0.05, 0.1) is 0 Å². The quantitative estimate of drug-likeness (QED) is 0.802. The predicted molar refractivity (Wildman–Crippen MR) is 90.3 cm³/mol. The van der Waals surface area contributed by atoms with Gasteiger partial charge in [0.2, 0.25) is 0 Å². The molecule has 2 aromatic rings. The fourth-order valence-corrected chi connectivity index (χ4v) is 2.96. The third-order valence-corrected chi connectivity index (χ3v) is 4.42. The molecule has 0 bridgehead atoms. The van der Waals surface area contributed by atoms with Gasteiger partial charge in [-0.2, -0.15) is 0 Å². The molecule has 0 aliphatic carbocycles. The van der Waals surface area contributed by atoms with Crippen molar-refractivity contribution in [2.45, 2.75) is 13.5 Å². The van der Waals surface area contributed by atoms with Crippen LogP contribution in [0.5, 0.6) is 0 Å². The van der Waals surface area contributed by atoms with E-state index in [1.165, 1.54) is 12.1 Å². The molecule has 5 heteroatoms. The number of halogens is 2. The predicted octanol–water partition coefficient (Wildman–Crippen LogP) is 3.49. The van der Waals surface area contributed by atoms with Crippen LogP contribution < -0.4 is 4.90 Å². The second-order valence-electron chi connectivity index (χ2n) is 6.10. The molecule has 1 aliphatic rings. The van der Waals surface area contributed by atoms with Crippen molar-refractivity contribution in [3.05, 3.63) is 65.2 Å². The minimum absolute atomic E-state index is 0.0627. The molecule has 0 saturated carbocycles. The Kier molecular flexibility index (Phi) is 4.90. The van der Waals surface area contributed by atoms with E-state index in [9.17, 15) is 13.6 Å². The molecule has 3 nitrogen and oxygen atoms in total. The highest BCUT2D eigenvalue weighted by molar-refractivity contribution is 5.94. The van der Waals surface area contributed by atoms with Crippen molar-refractivity contribution in [2.75, 3.05) is 31.1 Å². The van der Waals surface area contributed by atoms with Gasteiger partial charge >= 0.3 is 0 Å². The Balaban J connectivity index is 1.58. The van der Waals surface area contributed by atoms with Crippen LogP contribution in [-0.4, -0.2) is 36.9 Å². The van der Waals surface area contributed by atoms with Gasteiger partial charge in [0.25, 0.3) is 0 Å². The molecule has 0 N–H and O–H groups in total. The van der Waals surface area contributed by atoms with Gasteiger partial charge in [-0.1, -0.05) is 6.07 Å². The van der Waals surface area contributed by atoms with E-state index in [1.807, 2.05) is 24.3 Å². The average molecular weight is 330 g/mol. The molecule has 0 spiro atoms. The fourth-order valence-electron chi connectivity index (χ4n) is 2.96. The van der Waals surface area contributed by atoms with E-state index >= 15 is 0 Å². The number of carbonyl (C=O) groups is 1. The molecular formula is C19H20F2N2O. The smallest absolute Gasteiger partial charge is 0.159 e. The van der Waals surface area contributed by atoms with Crippen LogP contribution >= 0.6 is 0 Å². The number of anilines is 1. The van der Waals surface area contributed by atoms with Gasteiger partial charge in [0.15, 0.2) is 5.78 Å². The van der Waals surface area contributed by atoms with Crippen molar-refractivity contribution in [1.82, 2.24) is 4.90 Å². The fraction of sp³-hybridized carbons (Fsp3) is 0.316. The van der Waals surface area contributed by atoms with Gasteiger partial charge in [0, 0.05) is 55.6 Å². The number of hydrogen-bond donors (Lipinski definition) is 0. The summed E-state index contributed by atoms with van der Waals surface area (Å²) in [6.07, 6.45) is 0. The Bertz CT molecular complexity index is 723. The number of nitrogens with zero attached hydrogens (tertiary/aromatic N) is 2. The first kappa shape index (κ1) is 16.6. The molecule has 126 valence electrons. The minimum atomic E-state index is -0.546. The lowest BCUT2D eigenvalue weighted by molar-refractivity contribution is 0.101. The first-order valence-corrected chi connectivity index (χ1v) is 8.05. The van der Waals surface area contributed by atoms with E-state index in [0.29, 0.717) is 17.7 Å². The number of piperazine rings is 1. The van der Waals surface area contributed by atoms with Gasteiger partial charge in [-0.15, -0.1) is 0 Å². The van der Waals surface area contributed by atoms with Gasteiger partial charge < -0.3 is 4.90 Å². The van der Waals surface area contributed by atoms with Crippen molar-refractivity contribution in [3.63, 3.8) is 0 Å². The van der Waals surface area contributed by atoms with Crippen LogP contribution in [0, 0.1) is 11.6 Å². The second kappa shape index (κ2) is 7.09. The lowest BCUT2D eigenvalue weighted by atomic mass is 10.1. The monoisotopic (exact) mass is 330 g/mol. The molecule has 24 heavy (non-hydrogen) atoms. The molecule has 1 heterocycles. The van der Waals surface area contributed by atoms with Crippen LogP contribution in [0.1, 0.15) is 22.8 Å². The zero-order valence-electron chi connectivity index (χ0n) is 13.6. The van der Waals surface area contributed by atoms with Crippen molar-refractivity contribution >= 4 is 11.5 Å². The Morgan fingerprint density at radius 1 is 1.00 bits per heavy atom. The molecule has 1 saturated heterocycles. The molecule has 0 amide bonds. The van der Waals surface area contributed by atoms with Crippen molar-refractivity contribution in [2.24, 2.45) is 0 Å². The summed E-state index contributed by atoms with van der Waals surface area (Å²) in [6, 6.07) is 11.4. The standard InChI is InChI=1S/C19H20F2N2O/c1-14(24)15-3-6-18(7-4-15)23-10-8-22(9-11-23)13-16-2-5-17(20)12-19(16)21/h2-7,12H,8-11,13H2,1H3. The number of rotatable bonds is 4. The van der Waals surface area contributed by atoms with Crippen LogP contribution in [0.4, 0.5) is 14.5 Å². The van der Waals surface area contributed by atoms with Crippen LogP contribution in [0.25, 0.3) is 0 Å². The number of carbonyl (C=O) groups excluding carboxylic acids is 1. The third kappa shape index (κ3) is 3.79. The lowest BCUT2D eigenvalue weighted by Gasteiger charge is -2.36. The van der Waals surface area contributed by atoms with Crippen LogP contribution in [0.15, 0.2) is 42.5 Å². The Labute approximate surface area is 140 Å². The highest BCUT2D eigenvalue weighted by atomic mass is 19.1. The van der Waals surface area contributed by atoms with Gasteiger partial charge in [0.1, 0.15) is 11.6 Å². The minimum Gasteiger partial charge on any atom is -0.369 e. The molecule has 0 atom stereocenters. The van der Waals surface area contributed by atoms with E-state index in [4.69, 9.17) is 0 Å². The van der Waals surface area contributed by atoms with Crippen LogP contribution in [-0.2, 0) is 6.54 Å². The Morgan fingerprint density at radius 3 is 2.25 bits per heavy atom. The van der Waals surface area contributed by atoms with Gasteiger partial charge in [-0.25, -0.2) is 8.78 Å². The van der Waals surface area contributed by atoms with Crippen LogP contribution in [0.2, 0.25) is 0 Å². The molecule has 0 radical (unpaired) electrons. The summed E-state index contributed by atoms with van der Waals surface area (Å²) in [6.45, 7) is 5.34. The number of benzene rings is 2. The van der Waals surface area contributed by atoms with Gasteiger partial charge in [-0.05, 0) is 37.3 Å². The third-order valence-electron chi connectivity index (χ3n) is 4.42. The maximum absolute atomic E-state index is 13.7. The molecule has 0 unspecified atom stereocenters. The molecule has 1 aliphatic heterocycles. The number of hydrogen-bond acceptors (Lipinski definition) is 3. The molecule has 0 aromatic heterocycles. The van der Waals surface area contributed by atoms with E-state index < -0.39 is 11.6 Å². The summed E-state index contributed by atoms with van der Waals surface area (Å²) in [5, 5.41) is 0. The first-order valence-electron chi connectivity index (χ1n) is 8.05. The number of ketones is 1. The number of Topliss-reactive ketones (excluding diaryl/α,β-unsaturated/α-hetero) is 1. The topological polar surface area (TPSA) is 23.6 Å². The van der Waals surface area contributed by atoms with E-state index in [2.05, 4.69) is 9.80 Å². The first-order chi connectivity index (χ1) is 11.5. The summed E-state index contributed by atoms with van der Waals surface area (Å²) >= 11 is 0. The summed E-state index contributed by atoms with van der Waals surface area (Å²) in [5.41, 5.74) is 2.33. The molecular weight excluding hydrogens is 310 g/mol. The summed E-state index contributed by atoms with van der Waals surface area (Å²) in [7, 11) is 0. The summed E-state index contributed by atoms with van der Waals surface area (Å²) in [4.78, 5) is 15.7. The SMILES string of the molecule is CC(=O)c1ccc(N2CCN(Cc3ccc(F)cc3F)CC2)cc1. The Morgan fingerprint density at radius 2 is 1.67 bits per heavy atom. The van der Waals surface area contributed by atoms with Crippen molar-refractivity contribution in [1.29, 1.82) is 0 Å². The molecule has 2 aromatic carbocycles. The van der Waals surface area contributed by atoms with E-state index in [-0.39, 0.29) is 5.78 Å². The zero-order chi connectivity index (χ0) is 17.1.